The summed E-state index contributed by atoms with van der Waals surface area (Å²) in [5.74, 6) is 1.61. The van der Waals surface area contributed by atoms with Crippen LogP contribution in [0.5, 0.6) is 5.75 Å². The second-order valence-corrected chi connectivity index (χ2v) is 7.36. The zero-order valence-electron chi connectivity index (χ0n) is 17.6. The summed E-state index contributed by atoms with van der Waals surface area (Å²) in [6.07, 6.45) is 3.50. The average Bonchev–Trinajstić information content (AvgIpc) is 3.38. The first-order valence-corrected chi connectivity index (χ1v) is 10.0. The lowest BCUT2D eigenvalue weighted by atomic mass is 10.1. The van der Waals surface area contributed by atoms with Crippen LogP contribution in [0, 0.1) is 13.8 Å². The van der Waals surface area contributed by atoms with Crippen molar-refractivity contribution in [1.29, 1.82) is 0 Å². The van der Waals surface area contributed by atoms with Gasteiger partial charge in [0.15, 0.2) is 17.8 Å². The van der Waals surface area contributed by atoms with Gasteiger partial charge in [0, 0.05) is 28.7 Å². The van der Waals surface area contributed by atoms with E-state index >= 15 is 0 Å². The van der Waals surface area contributed by atoms with Crippen LogP contribution >= 0.6 is 0 Å². The number of aromatic nitrogens is 3. The number of anilines is 2. The Balaban J connectivity index is 1.50. The molecule has 3 heterocycles. The first kappa shape index (κ1) is 18.9. The maximum absolute atomic E-state index is 5.49. The summed E-state index contributed by atoms with van der Waals surface area (Å²) in [5, 5.41) is 3.49. The Labute approximate surface area is 180 Å². The molecule has 6 heteroatoms. The van der Waals surface area contributed by atoms with E-state index in [1.165, 1.54) is 6.39 Å². The van der Waals surface area contributed by atoms with Gasteiger partial charge in [-0.15, -0.1) is 0 Å². The standard InChI is InChI=1S/C25H22N4O2/c1-16-24(31-15-26-16)18-9-11-20(12-10-18)27-22-8-5-13-29-17(2)23(28-25(22)29)19-6-4-7-21(14-19)30-3/h4-15,27H,1-3H3. The number of fused-ring (bicyclic) bond motifs is 1. The number of hydrogen-bond acceptors (Lipinski definition) is 5. The van der Waals surface area contributed by atoms with E-state index in [9.17, 15) is 0 Å². The quantitative estimate of drug-likeness (QED) is 0.383. The number of imidazole rings is 1. The fourth-order valence-corrected chi connectivity index (χ4v) is 3.77. The van der Waals surface area contributed by atoms with Crippen molar-refractivity contribution >= 4 is 17.0 Å². The molecule has 0 saturated heterocycles. The molecule has 2 aromatic carbocycles. The van der Waals surface area contributed by atoms with E-state index < -0.39 is 0 Å². The summed E-state index contributed by atoms with van der Waals surface area (Å²) >= 11 is 0. The van der Waals surface area contributed by atoms with Gasteiger partial charge in [0.25, 0.3) is 0 Å². The number of ether oxygens (including phenoxy) is 1. The van der Waals surface area contributed by atoms with Crippen molar-refractivity contribution in [1.82, 2.24) is 14.4 Å². The third-order valence-electron chi connectivity index (χ3n) is 5.40. The van der Waals surface area contributed by atoms with Crippen LogP contribution in [0.3, 0.4) is 0 Å². The highest BCUT2D eigenvalue weighted by Crippen LogP contribution is 2.31. The van der Waals surface area contributed by atoms with E-state index in [2.05, 4.69) is 27.7 Å². The number of aryl methyl sites for hydroxylation is 2. The van der Waals surface area contributed by atoms with Crippen LogP contribution in [0.15, 0.2) is 77.7 Å². The Morgan fingerprint density at radius 1 is 0.968 bits per heavy atom. The van der Waals surface area contributed by atoms with Crippen LogP contribution in [0.4, 0.5) is 11.4 Å². The largest absolute Gasteiger partial charge is 0.497 e. The second kappa shape index (κ2) is 7.65. The smallest absolute Gasteiger partial charge is 0.181 e. The van der Waals surface area contributed by atoms with Gasteiger partial charge >= 0.3 is 0 Å². The molecule has 0 aliphatic heterocycles. The van der Waals surface area contributed by atoms with E-state index in [1.807, 2.05) is 67.7 Å². The number of benzene rings is 2. The molecule has 31 heavy (non-hydrogen) atoms. The Morgan fingerprint density at radius 3 is 2.55 bits per heavy atom. The highest BCUT2D eigenvalue weighted by Gasteiger charge is 2.14. The molecule has 5 rings (SSSR count). The Bertz CT molecular complexity index is 1370. The van der Waals surface area contributed by atoms with Gasteiger partial charge in [0.2, 0.25) is 0 Å². The molecular formula is C25H22N4O2. The molecule has 6 nitrogen and oxygen atoms in total. The minimum Gasteiger partial charge on any atom is -0.497 e. The third kappa shape index (κ3) is 3.42. The van der Waals surface area contributed by atoms with E-state index in [1.54, 1.807) is 7.11 Å². The molecule has 0 radical (unpaired) electrons. The molecule has 3 aromatic heterocycles. The number of nitrogens with one attached hydrogen (secondary N) is 1. The topological polar surface area (TPSA) is 64.6 Å². The van der Waals surface area contributed by atoms with Gasteiger partial charge in [-0.1, -0.05) is 12.1 Å². The van der Waals surface area contributed by atoms with Gasteiger partial charge in [-0.05, 0) is 62.4 Å². The van der Waals surface area contributed by atoms with Crippen molar-refractivity contribution in [3.8, 4) is 28.3 Å². The normalized spacial score (nSPS) is 11.1. The highest BCUT2D eigenvalue weighted by atomic mass is 16.5. The van der Waals surface area contributed by atoms with Gasteiger partial charge in [-0.3, -0.25) is 0 Å². The molecule has 0 amide bonds. The number of nitrogens with zero attached hydrogens (tertiary/aromatic N) is 3. The van der Waals surface area contributed by atoms with Crippen molar-refractivity contribution in [2.24, 2.45) is 0 Å². The minimum absolute atomic E-state index is 0.792. The lowest BCUT2D eigenvalue weighted by Crippen LogP contribution is -1.95. The van der Waals surface area contributed by atoms with E-state index in [0.717, 1.165) is 56.7 Å². The molecule has 0 unspecified atom stereocenters. The number of pyridine rings is 1. The Kier molecular flexibility index (Phi) is 4.67. The molecule has 0 spiro atoms. The van der Waals surface area contributed by atoms with Crippen molar-refractivity contribution < 1.29 is 9.15 Å². The van der Waals surface area contributed by atoms with Gasteiger partial charge in [-0.2, -0.15) is 0 Å². The van der Waals surface area contributed by atoms with E-state index in [-0.39, 0.29) is 0 Å². The fourth-order valence-electron chi connectivity index (χ4n) is 3.77. The number of hydrogen-bond donors (Lipinski definition) is 1. The molecule has 1 N–H and O–H groups in total. The number of oxazole rings is 1. The van der Waals surface area contributed by atoms with Gasteiger partial charge in [0.1, 0.15) is 5.75 Å². The molecule has 0 fully saturated rings. The van der Waals surface area contributed by atoms with Crippen molar-refractivity contribution in [3.05, 3.63) is 84.6 Å². The van der Waals surface area contributed by atoms with Crippen molar-refractivity contribution in [2.75, 3.05) is 12.4 Å². The summed E-state index contributed by atoms with van der Waals surface area (Å²) in [6, 6.07) is 20.1. The van der Waals surface area contributed by atoms with Gasteiger partial charge in [0.05, 0.1) is 24.2 Å². The molecule has 0 atom stereocenters. The van der Waals surface area contributed by atoms with E-state index in [0.29, 0.717) is 0 Å². The summed E-state index contributed by atoms with van der Waals surface area (Å²) in [7, 11) is 1.67. The van der Waals surface area contributed by atoms with Crippen molar-refractivity contribution in [3.63, 3.8) is 0 Å². The molecule has 0 bridgehead atoms. The number of methoxy groups -OCH3 is 1. The van der Waals surface area contributed by atoms with Gasteiger partial charge in [-0.25, -0.2) is 9.97 Å². The number of rotatable bonds is 5. The van der Waals surface area contributed by atoms with Crippen LogP contribution in [-0.4, -0.2) is 21.5 Å². The molecule has 0 aliphatic rings. The van der Waals surface area contributed by atoms with Crippen LogP contribution in [0.25, 0.3) is 28.2 Å². The van der Waals surface area contributed by atoms with Crippen LogP contribution in [0.1, 0.15) is 11.4 Å². The predicted octanol–water partition coefficient (Wildman–Crippen LogP) is 6.03. The zero-order valence-corrected chi connectivity index (χ0v) is 17.6. The lowest BCUT2D eigenvalue weighted by molar-refractivity contribution is 0.415. The summed E-state index contributed by atoms with van der Waals surface area (Å²) < 4.78 is 13.0. The molecule has 5 aromatic rings. The predicted molar refractivity (Wildman–Crippen MR) is 122 cm³/mol. The molecule has 0 aliphatic carbocycles. The van der Waals surface area contributed by atoms with Crippen LogP contribution in [0.2, 0.25) is 0 Å². The molecule has 0 saturated carbocycles. The summed E-state index contributed by atoms with van der Waals surface area (Å²) in [6.45, 7) is 4.01. The highest BCUT2D eigenvalue weighted by molar-refractivity contribution is 5.79. The summed E-state index contributed by atoms with van der Waals surface area (Å²) in [4.78, 5) is 9.11. The monoisotopic (exact) mass is 410 g/mol. The minimum atomic E-state index is 0.792. The zero-order chi connectivity index (χ0) is 21.4. The van der Waals surface area contributed by atoms with Gasteiger partial charge < -0.3 is 18.9 Å². The second-order valence-electron chi connectivity index (χ2n) is 7.36. The van der Waals surface area contributed by atoms with Crippen LogP contribution in [-0.2, 0) is 0 Å². The van der Waals surface area contributed by atoms with Crippen molar-refractivity contribution in [2.45, 2.75) is 13.8 Å². The first-order chi connectivity index (χ1) is 15.1. The van der Waals surface area contributed by atoms with E-state index in [4.69, 9.17) is 14.1 Å². The Morgan fingerprint density at radius 2 is 1.81 bits per heavy atom. The SMILES string of the molecule is COc1cccc(-c2nc3c(Nc4ccc(-c5ocnc5C)cc4)cccn3c2C)c1. The average molecular weight is 410 g/mol. The van der Waals surface area contributed by atoms with Crippen LogP contribution < -0.4 is 10.1 Å². The lowest BCUT2D eigenvalue weighted by Gasteiger charge is -2.08. The molecular weight excluding hydrogens is 388 g/mol. The third-order valence-corrected chi connectivity index (χ3v) is 5.40. The molecule has 154 valence electrons. The maximum atomic E-state index is 5.49. The Hall–Kier alpha value is -4.06. The maximum Gasteiger partial charge on any atom is 0.181 e. The fraction of sp³-hybridized carbons (Fsp3) is 0.120. The summed E-state index contributed by atoms with van der Waals surface area (Å²) in [5.41, 5.74) is 7.68. The first-order valence-electron chi connectivity index (χ1n) is 10.0.